The van der Waals surface area contributed by atoms with Gasteiger partial charge in [0.25, 0.3) is 0 Å². The van der Waals surface area contributed by atoms with Crippen molar-refractivity contribution in [2.75, 3.05) is 5.75 Å². The van der Waals surface area contributed by atoms with Crippen LogP contribution in [0.25, 0.3) is 0 Å². The Labute approximate surface area is 280 Å². The molecule has 3 amide bonds. The van der Waals surface area contributed by atoms with Gasteiger partial charge in [-0.3, -0.25) is 9.59 Å². The van der Waals surface area contributed by atoms with Gasteiger partial charge < -0.3 is 25.0 Å². The fourth-order valence-corrected chi connectivity index (χ4v) is 5.12. The molecule has 0 saturated carbocycles. The molecule has 4 atom stereocenters. The molecule has 46 heavy (non-hydrogen) atoms. The molecule has 10 heteroatoms. The number of hydrogen-bond acceptors (Lipinski definition) is 7. The van der Waals surface area contributed by atoms with E-state index in [0.29, 0.717) is 17.9 Å². The molecule has 9 nitrogen and oxygen atoms in total. The van der Waals surface area contributed by atoms with Crippen LogP contribution in [0.2, 0.25) is 0 Å². The van der Waals surface area contributed by atoms with Gasteiger partial charge in [-0.25, -0.2) is 9.59 Å². The number of esters is 1. The smallest absolute Gasteiger partial charge is 0.408 e. The molecule has 0 aliphatic rings. The summed E-state index contributed by atoms with van der Waals surface area (Å²) in [5.41, 5.74) is -0.163. The summed E-state index contributed by atoms with van der Waals surface area (Å²) < 4.78 is 11.1. The summed E-state index contributed by atoms with van der Waals surface area (Å²) in [6.45, 7) is 16.6. The Kier molecular flexibility index (Phi) is 14.6. The molecular weight excluding hydrogens is 602 g/mol. The van der Waals surface area contributed by atoms with Crippen LogP contribution in [0, 0.1) is 5.92 Å². The van der Waals surface area contributed by atoms with E-state index in [1.807, 2.05) is 43.3 Å². The molecule has 2 N–H and O–H groups in total. The Morgan fingerprint density at radius 2 is 1.30 bits per heavy atom. The third kappa shape index (κ3) is 13.1. The molecule has 0 bridgehead atoms. The number of nitrogens with one attached hydrogen (secondary N) is 2. The van der Waals surface area contributed by atoms with Gasteiger partial charge in [0.05, 0.1) is 0 Å². The number of amides is 3. The van der Waals surface area contributed by atoms with Crippen LogP contribution in [0.5, 0.6) is 0 Å². The number of thiol groups is 1. The second-order valence-corrected chi connectivity index (χ2v) is 14.4. The first-order valence-electron chi connectivity index (χ1n) is 16.0. The van der Waals surface area contributed by atoms with Crippen molar-refractivity contribution in [2.24, 2.45) is 5.92 Å². The zero-order valence-electron chi connectivity index (χ0n) is 28.8. The van der Waals surface area contributed by atoms with Crippen molar-refractivity contribution in [1.82, 2.24) is 15.5 Å². The Hall–Kier alpha value is -3.53. The first kappa shape index (κ1) is 38.7. The number of hydrogen-bond donors (Lipinski definition) is 3. The topological polar surface area (TPSA) is 114 Å². The van der Waals surface area contributed by atoms with Crippen molar-refractivity contribution in [2.45, 2.75) is 117 Å². The highest BCUT2D eigenvalue weighted by molar-refractivity contribution is 7.80. The lowest BCUT2D eigenvalue weighted by Crippen LogP contribution is -2.57. The van der Waals surface area contributed by atoms with E-state index in [1.54, 1.807) is 65.8 Å². The van der Waals surface area contributed by atoms with Gasteiger partial charge in [-0.2, -0.15) is 12.6 Å². The van der Waals surface area contributed by atoms with Gasteiger partial charge >= 0.3 is 12.1 Å². The average Bonchev–Trinajstić information content (AvgIpc) is 2.95. The number of carbonyl (C=O) groups excluding carboxylic acids is 4. The van der Waals surface area contributed by atoms with Crippen molar-refractivity contribution in [3.05, 3.63) is 71.8 Å². The van der Waals surface area contributed by atoms with E-state index in [0.717, 1.165) is 12.0 Å². The summed E-state index contributed by atoms with van der Waals surface area (Å²) in [6, 6.07) is 14.7. The molecule has 0 spiro atoms. The van der Waals surface area contributed by atoms with Crippen LogP contribution < -0.4 is 10.6 Å². The van der Waals surface area contributed by atoms with E-state index in [4.69, 9.17) is 9.47 Å². The van der Waals surface area contributed by atoms with Gasteiger partial charge in [0.15, 0.2) is 0 Å². The van der Waals surface area contributed by atoms with Crippen molar-refractivity contribution < 1.29 is 28.7 Å². The predicted octanol–water partition coefficient (Wildman–Crippen LogP) is 6.27. The Morgan fingerprint density at radius 1 is 0.761 bits per heavy atom. The molecule has 2 aromatic rings. The first-order chi connectivity index (χ1) is 21.4. The van der Waals surface area contributed by atoms with Crippen molar-refractivity contribution in [3.63, 3.8) is 0 Å². The Morgan fingerprint density at radius 3 is 1.80 bits per heavy atom. The van der Waals surface area contributed by atoms with Crippen LogP contribution in [0.15, 0.2) is 60.7 Å². The number of alkyl carbamates (subject to hydrolysis) is 1. The minimum atomic E-state index is -1.13. The van der Waals surface area contributed by atoms with Crippen LogP contribution in [0.1, 0.15) is 92.3 Å². The molecule has 0 radical (unpaired) electrons. The number of benzene rings is 2. The minimum absolute atomic E-state index is 0.0247. The fraction of sp³-hybridized carbons (Fsp3) is 0.556. The van der Waals surface area contributed by atoms with E-state index in [2.05, 4.69) is 37.1 Å². The van der Waals surface area contributed by atoms with Crippen LogP contribution >= 0.6 is 12.6 Å². The van der Waals surface area contributed by atoms with Gasteiger partial charge in [0.2, 0.25) is 11.8 Å². The van der Waals surface area contributed by atoms with Gasteiger partial charge in [-0.1, -0.05) is 74.5 Å². The van der Waals surface area contributed by atoms with Gasteiger partial charge in [-0.15, -0.1) is 0 Å². The van der Waals surface area contributed by atoms with Crippen molar-refractivity contribution in [1.29, 1.82) is 0 Å². The first-order valence-corrected chi connectivity index (χ1v) is 16.6. The lowest BCUT2D eigenvalue weighted by atomic mass is 9.96. The van der Waals surface area contributed by atoms with E-state index in [-0.39, 0.29) is 12.2 Å². The standard InChI is InChI=1S/C36H53N3O6S/c1-24(2)20-21-25(3)39(32(41)29(23-46)38-34(43)45-36(7,8)9)30(27-18-14-11-15-19-27)31(40)37-28(33(42)44-35(4,5)6)22-26-16-12-10-13-17-26/h10-19,24-25,28-30,46H,20-23H2,1-9H3,(H,37,40)(H,38,43). The number of nitrogens with zero attached hydrogens (tertiary/aromatic N) is 1. The third-order valence-electron chi connectivity index (χ3n) is 7.00. The normalized spacial score (nSPS) is 14.4. The van der Waals surface area contributed by atoms with E-state index in [9.17, 15) is 19.2 Å². The third-order valence-corrected chi connectivity index (χ3v) is 7.36. The molecular formula is C36H53N3O6S. The molecule has 2 aromatic carbocycles. The van der Waals surface area contributed by atoms with Crippen LogP contribution in [0.4, 0.5) is 4.79 Å². The molecule has 254 valence electrons. The summed E-state index contributed by atoms with van der Waals surface area (Å²) in [5.74, 6) is -1.28. The molecule has 0 heterocycles. The highest BCUT2D eigenvalue weighted by atomic mass is 32.1. The summed E-state index contributed by atoms with van der Waals surface area (Å²) in [7, 11) is 0. The molecule has 2 rings (SSSR count). The summed E-state index contributed by atoms with van der Waals surface area (Å²) in [4.78, 5) is 56.6. The molecule has 4 unspecified atom stereocenters. The SMILES string of the molecule is CC(C)CCC(C)N(C(=O)C(CS)NC(=O)OC(C)(C)C)C(C(=O)NC(Cc1ccccc1)C(=O)OC(C)(C)C)c1ccccc1. The lowest BCUT2D eigenvalue weighted by Gasteiger charge is -2.39. The largest absolute Gasteiger partial charge is 0.458 e. The monoisotopic (exact) mass is 655 g/mol. The Balaban J connectivity index is 2.60. The van der Waals surface area contributed by atoms with Crippen LogP contribution in [0.3, 0.4) is 0 Å². The number of carbonyl (C=O) groups is 4. The zero-order valence-corrected chi connectivity index (χ0v) is 29.7. The summed E-state index contributed by atoms with van der Waals surface area (Å²) in [6.07, 6.45) is 0.835. The predicted molar refractivity (Wildman–Crippen MR) is 184 cm³/mol. The number of ether oxygens (including phenoxy) is 2. The zero-order chi connectivity index (χ0) is 34.7. The van der Waals surface area contributed by atoms with E-state index >= 15 is 0 Å². The fourth-order valence-electron chi connectivity index (χ4n) is 4.87. The highest BCUT2D eigenvalue weighted by Crippen LogP contribution is 2.28. The average molecular weight is 656 g/mol. The highest BCUT2D eigenvalue weighted by Gasteiger charge is 2.40. The van der Waals surface area contributed by atoms with E-state index < -0.39 is 59.2 Å². The number of rotatable bonds is 14. The van der Waals surface area contributed by atoms with Crippen LogP contribution in [-0.2, 0) is 30.3 Å². The van der Waals surface area contributed by atoms with Crippen molar-refractivity contribution >= 4 is 36.5 Å². The van der Waals surface area contributed by atoms with Gasteiger partial charge in [-0.05, 0) is 78.4 Å². The van der Waals surface area contributed by atoms with Gasteiger partial charge in [0, 0.05) is 18.2 Å². The maximum atomic E-state index is 14.5. The maximum Gasteiger partial charge on any atom is 0.408 e. The second-order valence-electron chi connectivity index (χ2n) is 14.0. The molecule has 0 fully saturated rings. The lowest BCUT2D eigenvalue weighted by molar-refractivity contribution is -0.159. The molecule has 0 aromatic heterocycles. The van der Waals surface area contributed by atoms with Crippen molar-refractivity contribution in [3.8, 4) is 0 Å². The molecule has 0 aliphatic carbocycles. The quantitative estimate of drug-likeness (QED) is 0.163. The second kappa shape index (κ2) is 17.4. The van der Waals surface area contributed by atoms with Crippen LogP contribution in [-0.4, -0.2) is 63.9 Å². The minimum Gasteiger partial charge on any atom is -0.458 e. The Bertz CT molecular complexity index is 1270. The van der Waals surface area contributed by atoms with Gasteiger partial charge in [0.1, 0.15) is 29.3 Å². The van der Waals surface area contributed by atoms with E-state index in [1.165, 1.54) is 4.90 Å². The molecule has 0 saturated heterocycles. The summed E-state index contributed by atoms with van der Waals surface area (Å²) >= 11 is 4.39. The maximum absolute atomic E-state index is 14.5. The summed E-state index contributed by atoms with van der Waals surface area (Å²) in [5, 5.41) is 5.58. The molecule has 0 aliphatic heterocycles.